The predicted molar refractivity (Wildman–Crippen MR) is 74.0 cm³/mol. The Balaban J connectivity index is 2.55. The summed E-state index contributed by atoms with van der Waals surface area (Å²) in [5.74, 6) is 1.28. The molecule has 0 heterocycles. The van der Waals surface area contributed by atoms with Crippen LogP contribution in [0.2, 0.25) is 0 Å². The number of carbonyl (C=O) groups is 1. The Morgan fingerprint density at radius 3 is 2.44 bits per heavy atom. The molecule has 0 aliphatic carbocycles. The third kappa shape index (κ3) is 4.96. The van der Waals surface area contributed by atoms with Gasteiger partial charge in [0.15, 0.2) is 0 Å². The Kier molecular flexibility index (Phi) is 5.99. The van der Waals surface area contributed by atoms with Gasteiger partial charge in [-0.25, -0.2) is 0 Å². The van der Waals surface area contributed by atoms with Crippen LogP contribution in [0.3, 0.4) is 0 Å². The van der Waals surface area contributed by atoms with Crippen molar-refractivity contribution in [2.75, 3.05) is 12.9 Å². The van der Waals surface area contributed by atoms with Gasteiger partial charge in [-0.3, -0.25) is 4.79 Å². The fourth-order valence-electron chi connectivity index (χ4n) is 1.58. The maximum Gasteiger partial charge on any atom is 0.223 e. The summed E-state index contributed by atoms with van der Waals surface area (Å²) in [7, 11) is 1.79. The lowest BCUT2D eigenvalue weighted by Crippen LogP contribution is -2.26. The van der Waals surface area contributed by atoms with Crippen LogP contribution in [0, 0.1) is 0 Å². The van der Waals surface area contributed by atoms with Gasteiger partial charge in [0, 0.05) is 25.9 Å². The minimum absolute atomic E-state index is 0.0625. The third-order valence-electron chi connectivity index (χ3n) is 2.45. The smallest absolute Gasteiger partial charge is 0.223 e. The number of halogens is 1. The number of hydrogen-bond acceptors (Lipinski definition) is 2. The van der Waals surface area contributed by atoms with Crippen LogP contribution >= 0.6 is 11.6 Å². The van der Waals surface area contributed by atoms with E-state index in [2.05, 4.69) is 0 Å². The number of amides is 1. The highest BCUT2D eigenvalue weighted by molar-refractivity contribution is 6.18. The Hall–Kier alpha value is -1.22. The van der Waals surface area contributed by atoms with Gasteiger partial charge in [0.05, 0.1) is 6.10 Å². The van der Waals surface area contributed by atoms with Crippen LogP contribution in [-0.2, 0) is 11.3 Å². The summed E-state index contributed by atoms with van der Waals surface area (Å²) < 4.78 is 5.56. The molecular weight excluding hydrogens is 250 g/mol. The highest BCUT2D eigenvalue weighted by atomic mass is 35.5. The average Bonchev–Trinajstić information content (AvgIpc) is 2.31. The number of alkyl halides is 1. The SMILES string of the molecule is CC(C)Oc1ccc(CN(C)C(=O)CCCl)cc1. The summed E-state index contributed by atoms with van der Waals surface area (Å²) in [5, 5.41) is 0. The van der Waals surface area contributed by atoms with Crippen LogP contribution in [0.25, 0.3) is 0 Å². The van der Waals surface area contributed by atoms with Gasteiger partial charge in [-0.05, 0) is 31.5 Å². The van der Waals surface area contributed by atoms with Crippen molar-refractivity contribution < 1.29 is 9.53 Å². The second-order valence-electron chi connectivity index (χ2n) is 4.50. The van der Waals surface area contributed by atoms with E-state index in [4.69, 9.17) is 16.3 Å². The lowest BCUT2D eigenvalue weighted by Gasteiger charge is -2.17. The molecule has 0 aromatic heterocycles. The molecular formula is C14H20ClNO2. The molecule has 0 aliphatic rings. The molecule has 4 heteroatoms. The Morgan fingerprint density at radius 1 is 1.33 bits per heavy atom. The van der Waals surface area contributed by atoms with Gasteiger partial charge in [-0.15, -0.1) is 11.6 Å². The second kappa shape index (κ2) is 7.27. The van der Waals surface area contributed by atoms with E-state index in [-0.39, 0.29) is 12.0 Å². The van der Waals surface area contributed by atoms with Crippen molar-refractivity contribution in [3.8, 4) is 5.75 Å². The predicted octanol–water partition coefficient (Wildman–Crippen LogP) is 3.06. The van der Waals surface area contributed by atoms with Crippen molar-refractivity contribution in [3.63, 3.8) is 0 Å². The number of rotatable bonds is 6. The van der Waals surface area contributed by atoms with Crippen molar-refractivity contribution in [1.82, 2.24) is 4.90 Å². The van der Waals surface area contributed by atoms with E-state index in [0.717, 1.165) is 11.3 Å². The summed E-state index contributed by atoms with van der Waals surface area (Å²) in [6.45, 7) is 4.58. The van der Waals surface area contributed by atoms with Gasteiger partial charge in [0.25, 0.3) is 0 Å². The summed E-state index contributed by atoms with van der Waals surface area (Å²) in [6.07, 6.45) is 0.552. The zero-order chi connectivity index (χ0) is 13.5. The Labute approximate surface area is 114 Å². The van der Waals surface area contributed by atoms with Gasteiger partial charge in [-0.1, -0.05) is 12.1 Å². The number of ether oxygens (including phenoxy) is 1. The first-order chi connectivity index (χ1) is 8.52. The van der Waals surface area contributed by atoms with Crippen LogP contribution in [0.15, 0.2) is 24.3 Å². The van der Waals surface area contributed by atoms with E-state index >= 15 is 0 Å². The third-order valence-corrected chi connectivity index (χ3v) is 2.64. The van der Waals surface area contributed by atoms with E-state index in [9.17, 15) is 4.79 Å². The Bertz CT molecular complexity index is 376. The number of carbonyl (C=O) groups excluding carboxylic acids is 1. The summed E-state index contributed by atoms with van der Waals surface area (Å²) in [5.41, 5.74) is 1.08. The van der Waals surface area contributed by atoms with E-state index in [1.165, 1.54) is 0 Å². The lowest BCUT2D eigenvalue weighted by atomic mass is 10.2. The molecule has 0 atom stereocenters. The molecule has 0 fully saturated rings. The van der Waals surface area contributed by atoms with Crippen LogP contribution in [-0.4, -0.2) is 29.8 Å². The first-order valence-electron chi connectivity index (χ1n) is 6.08. The average molecular weight is 270 g/mol. The van der Waals surface area contributed by atoms with Crippen molar-refractivity contribution in [2.45, 2.75) is 32.9 Å². The number of benzene rings is 1. The van der Waals surface area contributed by atoms with Gasteiger partial charge < -0.3 is 9.64 Å². The van der Waals surface area contributed by atoms with E-state index in [1.807, 2.05) is 38.1 Å². The fourth-order valence-corrected chi connectivity index (χ4v) is 1.74. The van der Waals surface area contributed by atoms with Crippen molar-refractivity contribution in [3.05, 3.63) is 29.8 Å². The summed E-state index contributed by atoms with van der Waals surface area (Å²) in [4.78, 5) is 13.3. The maximum atomic E-state index is 11.6. The molecule has 1 aromatic carbocycles. The normalized spacial score (nSPS) is 10.5. The molecule has 0 radical (unpaired) electrons. The van der Waals surface area contributed by atoms with Crippen LogP contribution in [0.1, 0.15) is 25.8 Å². The summed E-state index contributed by atoms with van der Waals surface area (Å²) >= 11 is 5.55. The van der Waals surface area contributed by atoms with Gasteiger partial charge >= 0.3 is 0 Å². The van der Waals surface area contributed by atoms with Crippen LogP contribution in [0.4, 0.5) is 0 Å². The van der Waals surface area contributed by atoms with Crippen molar-refractivity contribution in [2.24, 2.45) is 0 Å². The topological polar surface area (TPSA) is 29.5 Å². The maximum absolute atomic E-state index is 11.6. The molecule has 0 aliphatic heterocycles. The fraction of sp³-hybridized carbons (Fsp3) is 0.500. The monoisotopic (exact) mass is 269 g/mol. The first kappa shape index (κ1) is 14.8. The highest BCUT2D eigenvalue weighted by Crippen LogP contribution is 2.15. The molecule has 0 unspecified atom stereocenters. The molecule has 1 rings (SSSR count). The van der Waals surface area contributed by atoms with Crippen molar-refractivity contribution in [1.29, 1.82) is 0 Å². The minimum atomic E-state index is 0.0625. The molecule has 3 nitrogen and oxygen atoms in total. The van der Waals surface area contributed by atoms with Gasteiger partial charge in [0.1, 0.15) is 5.75 Å². The quantitative estimate of drug-likeness (QED) is 0.743. The van der Waals surface area contributed by atoms with Gasteiger partial charge in [0.2, 0.25) is 5.91 Å². The zero-order valence-corrected chi connectivity index (χ0v) is 11.9. The molecule has 100 valence electrons. The lowest BCUT2D eigenvalue weighted by molar-refractivity contribution is -0.129. The van der Waals surface area contributed by atoms with E-state index in [0.29, 0.717) is 18.8 Å². The standard InChI is InChI=1S/C14H20ClNO2/c1-11(2)18-13-6-4-12(5-7-13)10-16(3)14(17)8-9-15/h4-7,11H,8-10H2,1-3H3. The number of hydrogen-bond donors (Lipinski definition) is 0. The molecule has 1 aromatic rings. The number of nitrogens with zero attached hydrogens (tertiary/aromatic N) is 1. The first-order valence-corrected chi connectivity index (χ1v) is 6.62. The molecule has 0 bridgehead atoms. The second-order valence-corrected chi connectivity index (χ2v) is 4.88. The minimum Gasteiger partial charge on any atom is -0.491 e. The molecule has 0 saturated carbocycles. The summed E-state index contributed by atoms with van der Waals surface area (Å²) in [6, 6.07) is 7.80. The van der Waals surface area contributed by atoms with E-state index < -0.39 is 0 Å². The van der Waals surface area contributed by atoms with E-state index in [1.54, 1.807) is 11.9 Å². The van der Waals surface area contributed by atoms with Crippen molar-refractivity contribution >= 4 is 17.5 Å². The Morgan fingerprint density at radius 2 is 1.94 bits per heavy atom. The molecule has 1 amide bonds. The van der Waals surface area contributed by atoms with Crippen LogP contribution < -0.4 is 4.74 Å². The molecule has 0 saturated heterocycles. The zero-order valence-electron chi connectivity index (χ0n) is 11.1. The molecule has 0 spiro atoms. The van der Waals surface area contributed by atoms with Gasteiger partial charge in [-0.2, -0.15) is 0 Å². The molecule has 18 heavy (non-hydrogen) atoms. The molecule has 0 N–H and O–H groups in total. The highest BCUT2D eigenvalue weighted by Gasteiger charge is 2.08. The van der Waals surface area contributed by atoms with Crippen LogP contribution in [0.5, 0.6) is 5.75 Å². The largest absolute Gasteiger partial charge is 0.491 e.